The van der Waals surface area contributed by atoms with Gasteiger partial charge in [-0.05, 0) is 102 Å². The number of rotatable bonds is 37. The number of amides is 13. The van der Waals surface area contributed by atoms with Gasteiger partial charge >= 0.3 is 12.1 Å². The average Bonchev–Trinajstić information content (AvgIpc) is 2.14. The molecule has 13 amide bonds. The Morgan fingerprint density at radius 1 is 0.523 bits per heavy atom. The highest BCUT2D eigenvalue weighted by molar-refractivity contribution is 6.00. The Labute approximate surface area is 526 Å². The first kappa shape index (κ1) is 81.4. The molecule has 0 aromatic carbocycles. The molecule has 0 bridgehead atoms. The first-order chi connectivity index (χ1) is 40.6. The standard InChI is InChI=1S/C63H116N12O13/c1-25-45(57(82)69(18)36-50(77)71(20)46(32-38(2)3)56(81)68-51(41(8)9)59(84)72(21)47(33-39(4)5)54(79)66-44(13)53(78)64-17)67-55(80)48(35-43(12)30-28-26-27-29-31-65-61(86)88-63(14,15)16)73(22)60(85)52(42(10)11)74(23)62(87)75(24)58(83)49(34-40(6)7)70(19)37-76/h37-49,51-52H,25-36H2,1-24H3,(H,64,78)(H,65,86)(H,66,79)(H,67,80)(H,68,81)/t43-,44-,45+,46+,47+,48?,49+,51+,52+/m1/s1. The van der Waals surface area contributed by atoms with Crippen molar-refractivity contribution >= 4 is 71.7 Å². The minimum atomic E-state index is -1.18. The van der Waals surface area contributed by atoms with Crippen molar-refractivity contribution in [2.45, 2.75) is 229 Å². The minimum Gasteiger partial charge on any atom is -0.444 e. The van der Waals surface area contributed by atoms with Gasteiger partial charge < -0.3 is 60.7 Å². The van der Waals surface area contributed by atoms with Crippen molar-refractivity contribution in [3.63, 3.8) is 0 Å². The average molecular weight is 1250 g/mol. The predicted octanol–water partition coefficient (Wildman–Crippen LogP) is 4.84. The molecule has 0 spiro atoms. The molecule has 0 heterocycles. The van der Waals surface area contributed by atoms with Gasteiger partial charge in [-0.15, -0.1) is 0 Å². The second-order valence-corrected chi connectivity index (χ2v) is 26.8. The summed E-state index contributed by atoms with van der Waals surface area (Å²) in [6.07, 6.45) is 4.75. The zero-order valence-electron chi connectivity index (χ0n) is 58.1. The molecule has 0 rings (SSSR count). The van der Waals surface area contributed by atoms with E-state index in [9.17, 15) is 57.5 Å². The van der Waals surface area contributed by atoms with Crippen molar-refractivity contribution in [2.75, 3.05) is 69.5 Å². The summed E-state index contributed by atoms with van der Waals surface area (Å²) in [7, 11) is 11.4. The lowest BCUT2D eigenvalue weighted by Crippen LogP contribution is -2.60. The molecular weight excluding hydrogens is 1130 g/mol. The number of unbranched alkanes of at least 4 members (excludes halogenated alkanes) is 3. The Balaban J connectivity index is 6.92. The van der Waals surface area contributed by atoms with Crippen LogP contribution in [0.2, 0.25) is 0 Å². The molecule has 0 aromatic heterocycles. The van der Waals surface area contributed by atoms with Crippen LogP contribution in [0.1, 0.15) is 175 Å². The van der Waals surface area contributed by atoms with Crippen LogP contribution >= 0.6 is 0 Å². The number of imide groups is 1. The molecule has 25 heteroatoms. The second-order valence-electron chi connectivity index (χ2n) is 26.8. The number of ether oxygens (including phenoxy) is 1. The van der Waals surface area contributed by atoms with Gasteiger partial charge in [0.25, 0.3) is 5.91 Å². The molecule has 0 saturated carbocycles. The van der Waals surface area contributed by atoms with E-state index in [-0.39, 0.29) is 55.8 Å². The summed E-state index contributed by atoms with van der Waals surface area (Å²) >= 11 is 0. The molecule has 0 saturated heterocycles. The number of carbonyl (C=O) groups is 12. The minimum absolute atomic E-state index is 0.000406. The van der Waals surface area contributed by atoms with E-state index in [0.29, 0.717) is 25.8 Å². The van der Waals surface area contributed by atoms with Crippen LogP contribution in [0.25, 0.3) is 0 Å². The topological polar surface area (TPSA) is 297 Å². The van der Waals surface area contributed by atoms with E-state index >= 15 is 0 Å². The number of urea groups is 1. The van der Waals surface area contributed by atoms with Crippen LogP contribution < -0.4 is 26.6 Å². The largest absolute Gasteiger partial charge is 0.444 e. The molecule has 0 aliphatic heterocycles. The van der Waals surface area contributed by atoms with Crippen molar-refractivity contribution in [2.24, 2.45) is 35.5 Å². The fourth-order valence-electron chi connectivity index (χ4n) is 10.3. The summed E-state index contributed by atoms with van der Waals surface area (Å²) in [5.74, 6) is -6.55. The highest BCUT2D eigenvalue weighted by Crippen LogP contribution is 2.24. The summed E-state index contributed by atoms with van der Waals surface area (Å²) in [6.45, 7) is 28.7. The van der Waals surface area contributed by atoms with E-state index in [4.69, 9.17) is 4.74 Å². The van der Waals surface area contributed by atoms with Gasteiger partial charge in [0.15, 0.2) is 0 Å². The molecule has 0 radical (unpaired) electrons. The number of likely N-dealkylation sites (N-methyl/N-ethyl adjacent to an activating group) is 8. The molecule has 506 valence electrons. The molecule has 5 N–H and O–H groups in total. The van der Waals surface area contributed by atoms with Gasteiger partial charge in [-0.1, -0.05) is 109 Å². The van der Waals surface area contributed by atoms with Crippen molar-refractivity contribution in [1.82, 2.24) is 60.9 Å². The Morgan fingerprint density at radius 2 is 1.00 bits per heavy atom. The second kappa shape index (κ2) is 38.8. The maximum Gasteiger partial charge on any atom is 0.407 e. The van der Waals surface area contributed by atoms with E-state index in [1.54, 1.807) is 55.4 Å². The van der Waals surface area contributed by atoms with E-state index in [1.165, 1.54) is 82.9 Å². The summed E-state index contributed by atoms with van der Waals surface area (Å²) in [6, 6.07) is -9.36. The molecule has 1 unspecified atom stereocenters. The number of nitrogens with one attached hydrogen (secondary N) is 5. The van der Waals surface area contributed by atoms with E-state index in [1.807, 2.05) is 48.5 Å². The monoisotopic (exact) mass is 1250 g/mol. The Morgan fingerprint density at radius 3 is 1.48 bits per heavy atom. The summed E-state index contributed by atoms with van der Waals surface area (Å²) in [5, 5.41) is 13.7. The number of nitrogens with zero attached hydrogens (tertiary/aromatic N) is 7. The predicted molar refractivity (Wildman–Crippen MR) is 340 cm³/mol. The van der Waals surface area contributed by atoms with Crippen LogP contribution in [0, 0.1) is 35.5 Å². The van der Waals surface area contributed by atoms with Crippen LogP contribution in [-0.4, -0.2) is 229 Å². The highest BCUT2D eigenvalue weighted by atomic mass is 16.6. The van der Waals surface area contributed by atoms with Crippen molar-refractivity contribution in [3.8, 4) is 0 Å². The third-order valence-corrected chi connectivity index (χ3v) is 15.6. The van der Waals surface area contributed by atoms with Crippen LogP contribution in [0.15, 0.2) is 0 Å². The molecule has 25 nitrogen and oxygen atoms in total. The number of alkyl carbamates (subject to hydrolysis) is 1. The Hall–Kier alpha value is -6.56. The fourth-order valence-corrected chi connectivity index (χ4v) is 10.3. The van der Waals surface area contributed by atoms with Crippen LogP contribution in [0.3, 0.4) is 0 Å². The number of hydrogen-bond acceptors (Lipinski definition) is 13. The highest BCUT2D eigenvalue weighted by Gasteiger charge is 2.42. The number of carbonyl (C=O) groups excluding carboxylic acids is 12. The first-order valence-corrected chi connectivity index (χ1v) is 31.5. The van der Waals surface area contributed by atoms with Crippen molar-refractivity contribution < 1.29 is 62.3 Å². The van der Waals surface area contributed by atoms with Gasteiger partial charge in [-0.3, -0.25) is 52.8 Å². The molecule has 88 heavy (non-hydrogen) atoms. The number of hydrogen-bond donors (Lipinski definition) is 5. The molecular formula is C63H116N12O13. The maximum absolute atomic E-state index is 14.9. The molecule has 9 atom stereocenters. The quantitative estimate of drug-likeness (QED) is 0.0412. The van der Waals surface area contributed by atoms with E-state index < -0.39 is 138 Å². The smallest absolute Gasteiger partial charge is 0.407 e. The Kier molecular flexibility index (Phi) is 35.9. The van der Waals surface area contributed by atoms with Gasteiger partial charge in [-0.2, -0.15) is 0 Å². The van der Waals surface area contributed by atoms with Gasteiger partial charge in [-0.25, -0.2) is 9.59 Å². The third kappa shape index (κ3) is 27.0. The lowest BCUT2D eigenvalue weighted by Gasteiger charge is -2.39. The molecule has 0 aromatic rings. The molecule has 0 fully saturated rings. The fraction of sp³-hybridized carbons (Fsp3) is 0.810. The van der Waals surface area contributed by atoms with Crippen molar-refractivity contribution in [1.29, 1.82) is 0 Å². The Bertz CT molecular complexity index is 2310. The van der Waals surface area contributed by atoms with Crippen molar-refractivity contribution in [3.05, 3.63) is 0 Å². The van der Waals surface area contributed by atoms with E-state index in [0.717, 1.165) is 34.0 Å². The molecule has 0 aliphatic carbocycles. The van der Waals surface area contributed by atoms with Crippen LogP contribution in [0.4, 0.5) is 9.59 Å². The van der Waals surface area contributed by atoms with Gasteiger partial charge in [0.2, 0.25) is 53.7 Å². The maximum atomic E-state index is 14.9. The zero-order valence-corrected chi connectivity index (χ0v) is 58.1. The lowest BCUT2D eigenvalue weighted by molar-refractivity contribution is -0.147. The summed E-state index contributed by atoms with van der Waals surface area (Å²) in [5.41, 5.74) is -0.619. The van der Waals surface area contributed by atoms with Gasteiger partial charge in [0.05, 0.1) is 6.54 Å². The third-order valence-electron chi connectivity index (χ3n) is 15.6. The van der Waals surface area contributed by atoms with E-state index in [2.05, 4.69) is 26.6 Å². The SMILES string of the molecule is CC[C@H](NC(=O)C(C[C@H](C)CCCCCCNC(=O)OC(C)(C)C)N(C)C(=O)[C@H](C(C)C)N(C)C(=O)N(C)C(=O)[C@H](CC(C)C)N(C)C=O)C(=O)N(C)CC(=O)N(C)[C@@H](CC(C)C)C(=O)N[C@H](C(=O)N(C)[C@@H](CC(C)C)C(=O)N[C@H](C)C(=O)NC)C(C)C. The van der Waals surface area contributed by atoms with Crippen LogP contribution in [0.5, 0.6) is 0 Å². The van der Waals surface area contributed by atoms with Crippen LogP contribution in [-0.2, 0) is 52.7 Å². The zero-order chi connectivity index (χ0) is 68.4. The van der Waals surface area contributed by atoms with Gasteiger partial charge in [0.1, 0.15) is 53.9 Å². The van der Waals surface area contributed by atoms with Gasteiger partial charge in [0, 0.05) is 62.9 Å². The first-order valence-electron chi connectivity index (χ1n) is 31.5. The normalized spacial score (nSPS) is 14.6. The summed E-state index contributed by atoms with van der Waals surface area (Å²) < 4.78 is 5.32. The summed E-state index contributed by atoms with van der Waals surface area (Å²) in [4.78, 5) is 173. The molecule has 0 aliphatic rings. The lowest BCUT2D eigenvalue weighted by atomic mass is 9.93.